The minimum absolute atomic E-state index is 0.0507. The Bertz CT molecular complexity index is 827. The first-order valence-electron chi connectivity index (χ1n) is 6.92. The number of nitriles is 1. The molecule has 0 spiro atoms. The van der Waals surface area contributed by atoms with Crippen molar-refractivity contribution in [1.82, 2.24) is 5.32 Å². The van der Waals surface area contributed by atoms with Gasteiger partial charge in [-0.3, -0.25) is 4.79 Å². The number of benzene rings is 1. The molecule has 1 N–H and O–H groups in total. The van der Waals surface area contributed by atoms with Crippen molar-refractivity contribution in [2.45, 2.75) is 6.54 Å². The van der Waals surface area contributed by atoms with Crippen molar-refractivity contribution in [2.24, 2.45) is 0 Å². The lowest BCUT2D eigenvalue weighted by atomic mass is 10.1. The summed E-state index contributed by atoms with van der Waals surface area (Å²) >= 11 is 3.35. The van der Waals surface area contributed by atoms with Gasteiger partial charge in [0.15, 0.2) is 0 Å². The van der Waals surface area contributed by atoms with Gasteiger partial charge in [0.2, 0.25) is 0 Å². The van der Waals surface area contributed by atoms with Crippen LogP contribution in [0.1, 0.15) is 11.3 Å². The summed E-state index contributed by atoms with van der Waals surface area (Å²) in [6, 6.07) is 10.6. The van der Waals surface area contributed by atoms with E-state index in [9.17, 15) is 10.1 Å². The number of amides is 1. The van der Waals surface area contributed by atoms with E-state index in [2.05, 4.69) is 27.2 Å². The third kappa shape index (κ3) is 4.77. The van der Waals surface area contributed by atoms with E-state index in [4.69, 9.17) is 15.6 Å². The van der Waals surface area contributed by atoms with Crippen molar-refractivity contribution in [1.29, 1.82) is 5.26 Å². The molecule has 24 heavy (non-hydrogen) atoms. The van der Waals surface area contributed by atoms with Crippen molar-refractivity contribution in [3.63, 3.8) is 0 Å². The number of nitrogens with one attached hydrogen (secondary N) is 1. The maximum atomic E-state index is 12.2. The molecule has 1 aromatic heterocycles. The summed E-state index contributed by atoms with van der Waals surface area (Å²) in [6.07, 6.45) is 8.16. The molecule has 0 aliphatic heterocycles. The Labute approximate surface area is 148 Å². The summed E-state index contributed by atoms with van der Waals surface area (Å²) in [6.45, 7) is 0.291. The van der Waals surface area contributed by atoms with Gasteiger partial charge in [-0.2, -0.15) is 5.26 Å². The van der Waals surface area contributed by atoms with Crippen molar-refractivity contribution in [3.05, 3.63) is 58.0 Å². The molecule has 0 aliphatic carbocycles. The monoisotopic (exact) mass is 384 g/mol. The van der Waals surface area contributed by atoms with Crippen LogP contribution in [0.5, 0.6) is 5.75 Å². The zero-order valence-corrected chi connectivity index (χ0v) is 14.2. The van der Waals surface area contributed by atoms with Crippen molar-refractivity contribution < 1.29 is 13.9 Å². The quantitative estimate of drug-likeness (QED) is 0.471. The smallest absolute Gasteiger partial charge is 0.262 e. The predicted molar refractivity (Wildman–Crippen MR) is 92.6 cm³/mol. The molecule has 0 fully saturated rings. The van der Waals surface area contributed by atoms with Crippen LogP contribution in [0.15, 0.2) is 51.1 Å². The minimum atomic E-state index is -0.503. The van der Waals surface area contributed by atoms with Gasteiger partial charge in [-0.25, -0.2) is 0 Å². The van der Waals surface area contributed by atoms with Gasteiger partial charge in [-0.1, -0.05) is 21.9 Å². The fourth-order valence-electron chi connectivity index (χ4n) is 1.86. The maximum absolute atomic E-state index is 12.2. The van der Waals surface area contributed by atoms with Gasteiger partial charge in [-0.05, 0) is 36.4 Å². The number of furan rings is 1. The molecule has 1 amide bonds. The Hall–Kier alpha value is -2.96. The maximum Gasteiger partial charge on any atom is 0.262 e. The highest BCUT2D eigenvalue weighted by molar-refractivity contribution is 9.10. The third-order valence-corrected chi connectivity index (χ3v) is 3.44. The fraction of sp³-hybridized carbons (Fsp3) is 0.111. The van der Waals surface area contributed by atoms with Crippen LogP contribution in [0.3, 0.4) is 0 Å². The summed E-state index contributed by atoms with van der Waals surface area (Å²) in [4.78, 5) is 12.2. The molecule has 1 heterocycles. The highest BCUT2D eigenvalue weighted by atomic mass is 79.9. The number of hydrogen-bond acceptors (Lipinski definition) is 4. The topological polar surface area (TPSA) is 75.3 Å². The Morgan fingerprint density at radius 2 is 2.29 bits per heavy atom. The molecular weight excluding hydrogens is 372 g/mol. The highest BCUT2D eigenvalue weighted by Crippen LogP contribution is 2.25. The Kier molecular flexibility index (Phi) is 6.24. The molecule has 2 rings (SSSR count). The Balaban J connectivity index is 2.20. The highest BCUT2D eigenvalue weighted by Gasteiger charge is 2.11. The van der Waals surface area contributed by atoms with Crippen LogP contribution in [0, 0.1) is 23.7 Å². The SMILES string of the molecule is C#CCOc1ccc(Br)cc1/C=C(\C#N)C(=O)NCc1ccco1. The van der Waals surface area contributed by atoms with E-state index in [0.717, 1.165) is 4.47 Å². The summed E-state index contributed by atoms with van der Waals surface area (Å²) in [5.74, 6) is 2.96. The van der Waals surface area contributed by atoms with Gasteiger partial charge in [0.25, 0.3) is 5.91 Å². The first kappa shape index (κ1) is 17.4. The molecule has 120 valence electrons. The van der Waals surface area contributed by atoms with E-state index >= 15 is 0 Å². The van der Waals surface area contributed by atoms with Crippen LogP contribution in [0.25, 0.3) is 6.08 Å². The van der Waals surface area contributed by atoms with Gasteiger partial charge in [-0.15, -0.1) is 6.42 Å². The average Bonchev–Trinajstić information content (AvgIpc) is 3.10. The van der Waals surface area contributed by atoms with Crippen molar-refractivity contribution >= 4 is 27.9 Å². The molecule has 0 atom stereocenters. The minimum Gasteiger partial charge on any atom is -0.480 e. The zero-order chi connectivity index (χ0) is 17.4. The number of terminal acetylenes is 1. The van der Waals surface area contributed by atoms with E-state index in [1.54, 1.807) is 30.3 Å². The van der Waals surface area contributed by atoms with Gasteiger partial charge in [0.05, 0.1) is 12.8 Å². The lowest BCUT2D eigenvalue weighted by Gasteiger charge is -2.08. The molecule has 0 saturated heterocycles. The van der Waals surface area contributed by atoms with Crippen molar-refractivity contribution in [2.75, 3.05) is 6.61 Å². The van der Waals surface area contributed by atoms with E-state index < -0.39 is 5.91 Å². The molecule has 6 heteroatoms. The average molecular weight is 385 g/mol. The predicted octanol–water partition coefficient (Wildman–Crippen LogP) is 3.28. The first-order chi connectivity index (χ1) is 11.6. The molecule has 0 saturated carbocycles. The molecular formula is C18H13BrN2O3. The molecule has 0 radical (unpaired) electrons. The Morgan fingerprint density at radius 1 is 1.46 bits per heavy atom. The summed E-state index contributed by atoms with van der Waals surface area (Å²) < 4.78 is 11.3. The molecule has 0 unspecified atom stereocenters. The van der Waals surface area contributed by atoms with Crippen LogP contribution in [-0.4, -0.2) is 12.5 Å². The van der Waals surface area contributed by atoms with Gasteiger partial charge in [0.1, 0.15) is 29.8 Å². The number of carbonyl (C=O) groups is 1. The van der Waals surface area contributed by atoms with Crippen molar-refractivity contribution in [3.8, 4) is 24.2 Å². The standard InChI is InChI=1S/C18H13BrN2O3/c1-2-7-24-17-6-5-15(19)10-13(17)9-14(11-20)18(22)21-12-16-4-3-8-23-16/h1,3-6,8-10H,7,12H2,(H,21,22)/b14-9+. The Morgan fingerprint density at radius 3 is 2.96 bits per heavy atom. The normalized spacial score (nSPS) is 10.5. The molecule has 0 aliphatic rings. The number of hydrogen-bond donors (Lipinski definition) is 1. The summed E-state index contributed by atoms with van der Waals surface area (Å²) in [5.41, 5.74) is 0.523. The van der Waals surface area contributed by atoms with Gasteiger partial charge >= 0.3 is 0 Å². The molecule has 1 aromatic carbocycles. The fourth-order valence-corrected chi connectivity index (χ4v) is 2.24. The molecule has 5 nitrogen and oxygen atoms in total. The molecule has 2 aromatic rings. The number of halogens is 1. The molecule has 0 bridgehead atoms. The van der Waals surface area contributed by atoms with Crippen LogP contribution >= 0.6 is 15.9 Å². The van der Waals surface area contributed by atoms with Crippen LogP contribution in [-0.2, 0) is 11.3 Å². The zero-order valence-electron chi connectivity index (χ0n) is 12.6. The number of ether oxygens (including phenoxy) is 1. The van der Waals surface area contributed by atoms with Crippen LogP contribution in [0.2, 0.25) is 0 Å². The lowest BCUT2D eigenvalue weighted by Crippen LogP contribution is -2.23. The largest absolute Gasteiger partial charge is 0.480 e. The van der Waals surface area contributed by atoms with Crippen LogP contribution in [0.4, 0.5) is 0 Å². The second-order valence-electron chi connectivity index (χ2n) is 4.61. The van der Waals surface area contributed by atoms with Crippen LogP contribution < -0.4 is 10.1 Å². The van der Waals surface area contributed by atoms with E-state index in [0.29, 0.717) is 17.1 Å². The lowest BCUT2D eigenvalue weighted by molar-refractivity contribution is -0.117. The third-order valence-electron chi connectivity index (χ3n) is 2.95. The number of carbonyl (C=O) groups excluding carboxylic acids is 1. The van der Waals surface area contributed by atoms with Gasteiger partial charge < -0.3 is 14.5 Å². The van der Waals surface area contributed by atoms with E-state index in [1.165, 1.54) is 12.3 Å². The first-order valence-corrected chi connectivity index (χ1v) is 7.71. The number of rotatable bonds is 6. The summed E-state index contributed by atoms with van der Waals surface area (Å²) in [7, 11) is 0. The second kappa shape index (κ2) is 8.61. The van der Waals surface area contributed by atoms with Gasteiger partial charge in [0, 0.05) is 10.0 Å². The summed E-state index contributed by atoms with van der Waals surface area (Å²) in [5, 5.41) is 11.9. The number of nitrogens with zero attached hydrogens (tertiary/aromatic N) is 1. The second-order valence-corrected chi connectivity index (χ2v) is 5.52. The van der Waals surface area contributed by atoms with E-state index in [1.807, 2.05) is 6.07 Å². The van der Waals surface area contributed by atoms with E-state index in [-0.39, 0.29) is 18.7 Å².